The van der Waals surface area contributed by atoms with Gasteiger partial charge in [0.2, 0.25) is 0 Å². The summed E-state index contributed by atoms with van der Waals surface area (Å²) in [5, 5.41) is 8.34. The molecule has 0 fully saturated rings. The molecule has 0 spiro atoms. The number of hydrogen-bond acceptors (Lipinski definition) is 5. The van der Waals surface area contributed by atoms with Crippen LogP contribution < -0.4 is 0 Å². The second kappa shape index (κ2) is 8.32. The lowest BCUT2D eigenvalue weighted by molar-refractivity contribution is -0.149. The first-order chi connectivity index (χ1) is 7.95. The zero-order valence-corrected chi connectivity index (χ0v) is 9.68. The molecule has 17 heavy (non-hydrogen) atoms. The van der Waals surface area contributed by atoms with E-state index < -0.39 is 17.9 Å². The first-order valence-electron chi connectivity index (χ1n) is 5.12. The lowest BCUT2D eigenvalue weighted by Gasteiger charge is -2.11. The van der Waals surface area contributed by atoms with Gasteiger partial charge >= 0.3 is 17.9 Å². The van der Waals surface area contributed by atoms with Crippen LogP contribution in [0.25, 0.3) is 0 Å². The summed E-state index contributed by atoms with van der Waals surface area (Å²) < 4.78 is 9.54. The minimum absolute atomic E-state index is 0.0862. The van der Waals surface area contributed by atoms with Gasteiger partial charge in [-0.15, -0.1) is 0 Å². The second-order valence-corrected chi connectivity index (χ2v) is 3.52. The van der Waals surface area contributed by atoms with Crippen LogP contribution in [0.3, 0.4) is 0 Å². The number of aliphatic carboxylic acids is 1. The molecule has 1 atom stereocenters. The molecule has 0 aromatic heterocycles. The van der Waals surface area contributed by atoms with Crippen LogP contribution in [0.1, 0.15) is 19.8 Å². The van der Waals surface area contributed by atoms with E-state index in [2.05, 4.69) is 6.58 Å². The Kier molecular flexibility index (Phi) is 7.41. The minimum atomic E-state index is -1.05. The summed E-state index contributed by atoms with van der Waals surface area (Å²) in [6.07, 6.45) is 0.638. The molecule has 0 aliphatic heterocycles. The van der Waals surface area contributed by atoms with E-state index in [4.69, 9.17) is 14.6 Å². The average Bonchev–Trinajstić information content (AvgIpc) is 2.30. The van der Waals surface area contributed by atoms with Crippen molar-refractivity contribution in [3.05, 3.63) is 12.7 Å². The summed E-state index contributed by atoms with van der Waals surface area (Å²) in [4.78, 5) is 31.9. The SMILES string of the molecule is C=CC(=O)OCC(C)COC(=O)CCC(=O)O. The van der Waals surface area contributed by atoms with Crippen molar-refractivity contribution < 1.29 is 29.0 Å². The highest BCUT2D eigenvalue weighted by molar-refractivity contribution is 5.81. The van der Waals surface area contributed by atoms with Gasteiger partial charge in [-0.2, -0.15) is 0 Å². The van der Waals surface area contributed by atoms with Gasteiger partial charge in [-0.05, 0) is 0 Å². The first kappa shape index (κ1) is 15.2. The number of rotatable bonds is 8. The van der Waals surface area contributed by atoms with Gasteiger partial charge in [0.1, 0.15) is 0 Å². The molecule has 0 aliphatic carbocycles. The topological polar surface area (TPSA) is 89.9 Å². The fourth-order valence-electron chi connectivity index (χ4n) is 0.848. The molecule has 0 aromatic carbocycles. The summed E-state index contributed by atoms with van der Waals surface area (Å²) in [7, 11) is 0. The standard InChI is InChI=1S/C11H16O6/c1-3-10(14)16-6-8(2)7-17-11(15)5-4-9(12)13/h3,8H,1,4-7H2,2H3,(H,12,13). The summed E-state index contributed by atoms with van der Waals surface area (Å²) in [6, 6.07) is 0. The predicted molar refractivity (Wildman–Crippen MR) is 58.1 cm³/mol. The quantitative estimate of drug-likeness (QED) is 0.500. The third kappa shape index (κ3) is 9.10. The van der Waals surface area contributed by atoms with Gasteiger partial charge in [-0.3, -0.25) is 9.59 Å². The molecule has 0 aromatic rings. The van der Waals surface area contributed by atoms with Crippen LogP contribution in [0, 0.1) is 5.92 Å². The van der Waals surface area contributed by atoms with Crippen LogP contribution in [-0.4, -0.2) is 36.2 Å². The van der Waals surface area contributed by atoms with E-state index in [1.807, 2.05) is 0 Å². The predicted octanol–water partition coefficient (Wildman–Crippen LogP) is 0.760. The maximum Gasteiger partial charge on any atom is 0.330 e. The maximum absolute atomic E-state index is 11.0. The monoisotopic (exact) mass is 244 g/mol. The molecule has 0 aliphatic rings. The zero-order chi connectivity index (χ0) is 13.3. The number of carboxylic acid groups (broad SMARTS) is 1. The minimum Gasteiger partial charge on any atom is -0.481 e. The van der Waals surface area contributed by atoms with Crippen molar-refractivity contribution in [1.29, 1.82) is 0 Å². The lowest BCUT2D eigenvalue weighted by atomic mass is 10.2. The Labute approximate surface area is 99.2 Å². The number of carbonyl (C=O) groups excluding carboxylic acids is 2. The highest BCUT2D eigenvalue weighted by Crippen LogP contribution is 2.00. The molecule has 0 saturated heterocycles. The lowest BCUT2D eigenvalue weighted by Crippen LogP contribution is -2.18. The summed E-state index contributed by atoms with van der Waals surface area (Å²) in [5.74, 6) is -2.30. The van der Waals surface area contributed by atoms with Gasteiger partial charge in [0.15, 0.2) is 0 Å². The smallest absolute Gasteiger partial charge is 0.330 e. The molecule has 0 radical (unpaired) electrons. The normalized spacial score (nSPS) is 11.4. The van der Waals surface area contributed by atoms with E-state index in [1.165, 1.54) is 0 Å². The molecule has 6 heteroatoms. The molecular weight excluding hydrogens is 228 g/mol. The van der Waals surface area contributed by atoms with Crippen molar-refractivity contribution in [2.75, 3.05) is 13.2 Å². The number of hydrogen-bond donors (Lipinski definition) is 1. The highest BCUT2D eigenvalue weighted by Gasteiger charge is 2.10. The van der Waals surface area contributed by atoms with Crippen LogP contribution in [-0.2, 0) is 23.9 Å². The molecular formula is C11H16O6. The van der Waals surface area contributed by atoms with Gasteiger partial charge in [-0.25, -0.2) is 4.79 Å². The first-order valence-corrected chi connectivity index (χ1v) is 5.12. The van der Waals surface area contributed by atoms with E-state index in [9.17, 15) is 14.4 Å². The van der Waals surface area contributed by atoms with E-state index in [1.54, 1.807) is 6.92 Å². The Morgan fingerprint density at radius 2 is 1.82 bits per heavy atom. The van der Waals surface area contributed by atoms with E-state index >= 15 is 0 Å². The molecule has 0 rings (SSSR count). The molecule has 96 valence electrons. The van der Waals surface area contributed by atoms with E-state index in [-0.39, 0.29) is 32.0 Å². The van der Waals surface area contributed by atoms with Crippen LogP contribution in [0.5, 0.6) is 0 Å². The van der Waals surface area contributed by atoms with Crippen molar-refractivity contribution >= 4 is 17.9 Å². The highest BCUT2D eigenvalue weighted by atomic mass is 16.5. The second-order valence-electron chi connectivity index (χ2n) is 3.52. The number of ether oxygens (including phenoxy) is 2. The van der Waals surface area contributed by atoms with Crippen LogP contribution in [0.2, 0.25) is 0 Å². The van der Waals surface area contributed by atoms with E-state index in [0.29, 0.717) is 0 Å². The fraction of sp³-hybridized carbons (Fsp3) is 0.545. The number of carboxylic acids is 1. The van der Waals surface area contributed by atoms with Crippen molar-refractivity contribution in [2.45, 2.75) is 19.8 Å². The van der Waals surface area contributed by atoms with Gasteiger partial charge < -0.3 is 14.6 Å². The van der Waals surface area contributed by atoms with E-state index in [0.717, 1.165) is 6.08 Å². The Bertz CT molecular complexity index is 296. The Morgan fingerprint density at radius 3 is 2.35 bits per heavy atom. The third-order valence-electron chi connectivity index (χ3n) is 1.75. The molecule has 0 bridgehead atoms. The largest absolute Gasteiger partial charge is 0.481 e. The molecule has 0 amide bonds. The number of carbonyl (C=O) groups is 3. The van der Waals surface area contributed by atoms with Crippen molar-refractivity contribution in [2.24, 2.45) is 5.92 Å². The van der Waals surface area contributed by atoms with Crippen LogP contribution in [0.15, 0.2) is 12.7 Å². The maximum atomic E-state index is 11.0. The van der Waals surface area contributed by atoms with Gasteiger partial charge in [0.25, 0.3) is 0 Å². The average molecular weight is 244 g/mol. The molecule has 0 saturated carbocycles. The van der Waals surface area contributed by atoms with Gasteiger partial charge in [-0.1, -0.05) is 13.5 Å². The van der Waals surface area contributed by atoms with Crippen molar-refractivity contribution in [3.63, 3.8) is 0 Å². The molecule has 1 N–H and O–H groups in total. The Hall–Kier alpha value is -1.85. The Morgan fingerprint density at radius 1 is 1.24 bits per heavy atom. The summed E-state index contributed by atoms with van der Waals surface area (Å²) in [6.45, 7) is 5.18. The van der Waals surface area contributed by atoms with Crippen molar-refractivity contribution in [3.8, 4) is 0 Å². The van der Waals surface area contributed by atoms with Gasteiger partial charge in [0.05, 0.1) is 26.1 Å². The number of esters is 2. The summed E-state index contributed by atoms with van der Waals surface area (Å²) in [5.41, 5.74) is 0. The third-order valence-corrected chi connectivity index (χ3v) is 1.75. The molecule has 6 nitrogen and oxygen atoms in total. The van der Waals surface area contributed by atoms with Gasteiger partial charge in [0, 0.05) is 12.0 Å². The molecule has 0 heterocycles. The molecule has 1 unspecified atom stereocenters. The Balaban J connectivity index is 3.65. The van der Waals surface area contributed by atoms with Crippen LogP contribution in [0.4, 0.5) is 0 Å². The zero-order valence-electron chi connectivity index (χ0n) is 9.68. The van der Waals surface area contributed by atoms with Crippen LogP contribution >= 0.6 is 0 Å². The fourth-order valence-corrected chi connectivity index (χ4v) is 0.848. The van der Waals surface area contributed by atoms with Crippen molar-refractivity contribution in [1.82, 2.24) is 0 Å². The summed E-state index contributed by atoms with van der Waals surface area (Å²) >= 11 is 0.